The first-order chi connectivity index (χ1) is 6.41. The van der Waals surface area contributed by atoms with Gasteiger partial charge in [0.15, 0.2) is 0 Å². The zero-order valence-electron chi connectivity index (χ0n) is 10.4. The molecule has 0 N–H and O–H groups in total. The molecular weight excluding hydrogens is 354 g/mol. The van der Waals surface area contributed by atoms with Gasteiger partial charge in [-0.3, -0.25) is 0 Å². The molecule has 0 saturated heterocycles. The Hall–Kier alpha value is 1.70. The average Bonchev–Trinajstić information content (AvgIpc) is 2.16. The van der Waals surface area contributed by atoms with Crippen LogP contribution in [0, 0.1) is 42.5 Å². The van der Waals surface area contributed by atoms with Gasteiger partial charge in [0, 0.05) is 52.4 Å². The molecule has 0 aliphatic rings. The van der Waals surface area contributed by atoms with E-state index < -0.39 is 0 Å². The molecule has 0 aromatic heterocycles. The molecular formula is C13H27CoLa-. The van der Waals surface area contributed by atoms with Crippen molar-refractivity contribution in [1.29, 1.82) is 0 Å². The first-order valence-electron chi connectivity index (χ1n) is 6.21. The van der Waals surface area contributed by atoms with Crippen LogP contribution in [0.2, 0.25) is 0 Å². The molecule has 0 fully saturated rings. The van der Waals surface area contributed by atoms with Crippen LogP contribution >= 0.6 is 0 Å². The summed E-state index contributed by atoms with van der Waals surface area (Å²) < 4.78 is 0. The molecule has 0 atom stereocenters. The van der Waals surface area contributed by atoms with Gasteiger partial charge >= 0.3 is 0 Å². The van der Waals surface area contributed by atoms with Gasteiger partial charge in [0.05, 0.1) is 0 Å². The van der Waals surface area contributed by atoms with E-state index in [4.69, 9.17) is 0 Å². The number of hydrogen-bond donors (Lipinski definition) is 0. The van der Waals surface area contributed by atoms with Crippen LogP contribution < -0.4 is 0 Å². The minimum Gasteiger partial charge on any atom is -0.343 e. The Morgan fingerprint density at radius 3 is 1.33 bits per heavy atom. The summed E-state index contributed by atoms with van der Waals surface area (Å²) in [6.45, 7) is 6.13. The van der Waals surface area contributed by atoms with E-state index in [0.717, 1.165) is 6.42 Å². The monoisotopic (exact) mass is 381 g/mol. The Bertz CT molecular complexity index is 76.6. The van der Waals surface area contributed by atoms with E-state index in [9.17, 15) is 0 Å². The maximum atomic E-state index is 3.85. The summed E-state index contributed by atoms with van der Waals surface area (Å²) in [7, 11) is 0. The Morgan fingerprint density at radius 2 is 1.00 bits per heavy atom. The van der Waals surface area contributed by atoms with E-state index in [1.807, 2.05) is 0 Å². The fourth-order valence-electron chi connectivity index (χ4n) is 1.66. The largest absolute Gasteiger partial charge is 0.343 e. The first kappa shape index (κ1) is 21.9. The zero-order chi connectivity index (χ0) is 9.78. The molecule has 0 unspecified atom stereocenters. The fraction of sp³-hybridized carbons (Fsp3) is 0.923. The fourth-order valence-corrected chi connectivity index (χ4v) is 1.66. The van der Waals surface area contributed by atoms with Crippen LogP contribution in [-0.4, -0.2) is 0 Å². The van der Waals surface area contributed by atoms with Gasteiger partial charge in [0.2, 0.25) is 0 Å². The van der Waals surface area contributed by atoms with Crippen LogP contribution in [0.15, 0.2) is 0 Å². The van der Waals surface area contributed by atoms with Gasteiger partial charge in [0.25, 0.3) is 0 Å². The molecule has 0 spiro atoms. The second kappa shape index (κ2) is 21.0. The van der Waals surface area contributed by atoms with Crippen molar-refractivity contribution in [2.45, 2.75) is 77.6 Å². The van der Waals surface area contributed by atoms with Crippen molar-refractivity contribution in [3.63, 3.8) is 0 Å². The van der Waals surface area contributed by atoms with Crippen molar-refractivity contribution in [2.75, 3.05) is 0 Å². The summed E-state index contributed by atoms with van der Waals surface area (Å²) in [5.41, 5.74) is 0. The van der Waals surface area contributed by atoms with E-state index in [1.165, 1.54) is 64.2 Å². The molecule has 15 heavy (non-hydrogen) atoms. The Morgan fingerprint density at radius 1 is 0.667 bits per heavy atom. The van der Waals surface area contributed by atoms with E-state index in [1.54, 1.807) is 0 Å². The van der Waals surface area contributed by atoms with Gasteiger partial charge in [-0.25, -0.2) is 0 Å². The van der Waals surface area contributed by atoms with Crippen molar-refractivity contribution >= 4 is 0 Å². The third kappa shape index (κ3) is 21.5. The molecule has 0 aliphatic carbocycles. The van der Waals surface area contributed by atoms with Crippen LogP contribution in [-0.2, 0) is 16.8 Å². The number of rotatable bonds is 10. The van der Waals surface area contributed by atoms with Gasteiger partial charge in [-0.15, -0.1) is 0 Å². The summed E-state index contributed by atoms with van der Waals surface area (Å²) >= 11 is 0. The minimum absolute atomic E-state index is 0. The third-order valence-electron chi connectivity index (χ3n) is 2.60. The smallest absolute Gasteiger partial charge is 0 e. The van der Waals surface area contributed by atoms with Gasteiger partial charge < -0.3 is 6.92 Å². The van der Waals surface area contributed by atoms with E-state index in [-0.39, 0.29) is 52.4 Å². The van der Waals surface area contributed by atoms with Crippen LogP contribution in [0.1, 0.15) is 77.6 Å². The maximum Gasteiger partial charge on any atom is 0 e. The summed E-state index contributed by atoms with van der Waals surface area (Å²) in [5.74, 6) is 0. The molecule has 0 heterocycles. The normalized spacial score (nSPS) is 9.20. The predicted octanol–water partition coefficient (Wildman–Crippen LogP) is 5.13. The number of hydrogen-bond acceptors (Lipinski definition) is 0. The van der Waals surface area contributed by atoms with Gasteiger partial charge in [-0.1, -0.05) is 71.1 Å². The zero-order valence-corrected chi connectivity index (χ0v) is 15.1. The van der Waals surface area contributed by atoms with Gasteiger partial charge in [-0.2, -0.15) is 6.42 Å². The second-order valence-corrected chi connectivity index (χ2v) is 4.04. The SMILES string of the molecule is [CH2-]CCCCCCCCCCCC.[Co].[La]. The molecule has 0 aliphatic heterocycles. The molecule has 0 bridgehead atoms. The molecule has 0 nitrogen and oxygen atoms in total. The van der Waals surface area contributed by atoms with Crippen LogP contribution in [0.5, 0.6) is 0 Å². The molecule has 0 amide bonds. The quantitative estimate of drug-likeness (QED) is 0.364. The molecule has 92 valence electrons. The van der Waals surface area contributed by atoms with E-state index in [0.29, 0.717) is 0 Å². The van der Waals surface area contributed by atoms with Crippen LogP contribution in [0.3, 0.4) is 0 Å². The maximum absolute atomic E-state index is 3.85. The topological polar surface area (TPSA) is 0 Å². The molecule has 0 saturated carbocycles. The standard InChI is InChI=1S/C13H27.Co.La/c1-3-5-7-9-11-13-12-10-8-6-4-2;;/h1,3-13H2,2H3;;/q-1;;. The molecule has 2 heteroatoms. The van der Waals surface area contributed by atoms with Crippen molar-refractivity contribution in [1.82, 2.24) is 0 Å². The van der Waals surface area contributed by atoms with Crippen molar-refractivity contribution in [3.05, 3.63) is 6.92 Å². The van der Waals surface area contributed by atoms with Crippen molar-refractivity contribution in [3.8, 4) is 0 Å². The summed E-state index contributed by atoms with van der Waals surface area (Å²) in [6.07, 6.45) is 15.4. The Kier molecular flexibility index (Phi) is 30.8. The van der Waals surface area contributed by atoms with Gasteiger partial charge in [0.1, 0.15) is 0 Å². The van der Waals surface area contributed by atoms with Crippen molar-refractivity contribution < 1.29 is 52.4 Å². The van der Waals surface area contributed by atoms with E-state index in [2.05, 4.69) is 13.8 Å². The van der Waals surface area contributed by atoms with Crippen LogP contribution in [0.25, 0.3) is 0 Å². The Labute approximate surface area is 136 Å². The second-order valence-electron chi connectivity index (χ2n) is 4.04. The third-order valence-corrected chi connectivity index (χ3v) is 2.60. The predicted molar refractivity (Wildman–Crippen MR) is 61.8 cm³/mol. The minimum atomic E-state index is 0. The van der Waals surface area contributed by atoms with Gasteiger partial charge in [-0.05, 0) is 0 Å². The molecule has 2 radical (unpaired) electrons. The average molecular weight is 381 g/mol. The van der Waals surface area contributed by atoms with Crippen LogP contribution in [0.4, 0.5) is 0 Å². The molecule has 0 aromatic rings. The summed E-state index contributed by atoms with van der Waals surface area (Å²) in [4.78, 5) is 0. The number of unbranched alkanes of at least 4 members (excludes halogenated alkanes) is 10. The summed E-state index contributed by atoms with van der Waals surface area (Å²) in [5, 5.41) is 0. The summed E-state index contributed by atoms with van der Waals surface area (Å²) in [6, 6.07) is 0. The molecule has 0 aromatic carbocycles. The van der Waals surface area contributed by atoms with E-state index >= 15 is 0 Å². The first-order valence-corrected chi connectivity index (χ1v) is 6.21. The Balaban J connectivity index is -0.000000720. The molecule has 0 rings (SSSR count). The van der Waals surface area contributed by atoms with Crippen molar-refractivity contribution in [2.24, 2.45) is 0 Å².